The fourth-order valence-electron chi connectivity index (χ4n) is 8.99. The lowest BCUT2D eigenvalue weighted by molar-refractivity contribution is 0.669. The lowest BCUT2D eigenvalue weighted by Gasteiger charge is -2.28. The molecule has 0 radical (unpaired) electrons. The molecule has 0 aliphatic heterocycles. The lowest BCUT2D eigenvalue weighted by atomic mass is 9.74. The van der Waals surface area contributed by atoms with Crippen LogP contribution in [0.15, 0.2) is 205 Å². The number of benzene rings is 8. The Morgan fingerprint density at radius 2 is 0.895 bits per heavy atom. The predicted molar refractivity (Wildman–Crippen MR) is 234 cm³/mol. The predicted octanol–water partition coefficient (Wildman–Crippen LogP) is 14.0. The third-order valence-electron chi connectivity index (χ3n) is 11.8. The van der Waals surface area contributed by atoms with Gasteiger partial charge in [0.25, 0.3) is 0 Å². The van der Waals surface area contributed by atoms with Crippen molar-refractivity contribution in [2.45, 2.75) is 12.3 Å². The van der Waals surface area contributed by atoms with Gasteiger partial charge in [-0.25, -0.2) is 9.97 Å². The highest BCUT2D eigenvalue weighted by Crippen LogP contribution is 2.53. The van der Waals surface area contributed by atoms with Crippen molar-refractivity contribution < 1.29 is 4.42 Å². The fraction of sp³-hybridized carbons (Fsp3) is 0.0370. The van der Waals surface area contributed by atoms with Crippen molar-refractivity contribution in [2.75, 3.05) is 0 Å². The van der Waals surface area contributed by atoms with Crippen LogP contribution in [0.5, 0.6) is 0 Å². The summed E-state index contributed by atoms with van der Waals surface area (Å²) in [6.45, 7) is 2.37. The molecule has 1 atom stereocenters. The second kappa shape index (κ2) is 13.1. The van der Waals surface area contributed by atoms with Crippen LogP contribution in [0.3, 0.4) is 0 Å². The zero-order valence-electron chi connectivity index (χ0n) is 31.4. The van der Waals surface area contributed by atoms with E-state index in [1.165, 1.54) is 27.8 Å². The van der Waals surface area contributed by atoms with Gasteiger partial charge in [0.05, 0.1) is 11.4 Å². The van der Waals surface area contributed by atoms with Crippen molar-refractivity contribution in [3.63, 3.8) is 0 Å². The molecule has 8 aromatic carbocycles. The summed E-state index contributed by atoms with van der Waals surface area (Å²) in [5.41, 5.74) is 17.2. The molecule has 11 rings (SSSR count). The molecule has 2 aromatic heterocycles. The summed E-state index contributed by atoms with van der Waals surface area (Å²) >= 11 is 0. The van der Waals surface area contributed by atoms with Crippen molar-refractivity contribution in [3.05, 3.63) is 217 Å². The van der Waals surface area contributed by atoms with Gasteiger partial charge in [-0.1, -0.05) is 170 Å². The summed E-state index contributed by atoms with van der Waals surface area (Å²) in [4.78, 5) is 10.6. The largest absolute Gasteiger partial charge is 0.456 e. The molecule has 57 heavy (non-hydrogen) atoms. The summed E-state index contributed by atoms with van der Waals surface area (Å²) < 4.78 is 6.33. The molecule has 0 fully saturated rings. The number of para-hydroxylation sites is 1. The second-order valence-corrected chi connectivity index (χ2v) is 15.0. The molecule has 10 aromatic rings. The molecule has 0 saturated carbocycles. The molecule has 0 amide bonds. The number of hydrogen-bond donors (Lipinski definition) is 0. The van der Waals surface area contributed by atoms with Gasteiger partial charge in [-0.15, -0.1) is 0 Å². The van der Waals surface area contributed by atoms with E-state index in [9.17, 15) is 0 Å². The summed E-state index contributed by atoms with van der Waals surface area (Å²) in [6, 6.07) is 71.1. The Morgan fingerprint density at radius 3 is 1.61 bits per heavy atom. The third kappa shape index (κ3) is 5.35. The average Bonchev–Trinajstić information content (AvgIpc) is 3.79. The van der Waals surface area contributed by atoms with Crippen LogP contribution in [-0.4, -0.2) is 9.97 Å². The highest BCUT2D eigenvalue weighted by molar-refractivity contribution is 6.06. The molecule has 0 bridgehead atoms. The third-order valence-corrected chi connectivity index (χ3v) is 11.8. The van der Waals surface area contributed by atoms with Gasteiger partial charge in [0.2, 0.25) is 0 Å². The van der Waals surface area contributed by atoms with E-state index in [-0.39, 0.29) is 5.41 Å². The minimum absolute atomic E-state index is 0.296. The average molecular weight is 729 g/mol. The molecule has 3 heteroatoms. The normalized spacial score (nSPS) is 14.5. The van der Waals surface area contributed by atoms with E-state index < -0.39 is 0 Å². The molecule has 3 nitrogen and oxygen atoms in total. The summed E-state index contributed by atoms with van der Waals surface area (Å²) in [5.74, 6) is 0.682. The van der Waals surface area contributed by atoms with Crippen molar-refractivity contribution in [1.82, 2.24) is 9.97 Å². The second-order valence-electron chi connectivity index (χ2n) is 15.0. The maximum absolute atomic E-state index is 6.33. The molecule has 0 spiro atoms. The molecule has 1 aliphatic rings. The minimum atomic E-state index is -0.296. The van der Waals surface area contributed by atoms with Crippen LogP contribution in [0.2, 0.25) is 0 Å². The molecule has 0 saturated heterocycles. The Hall–Kier alpha value is -7.36. The first-order valence-electron chi connectivity index (χ1n) is 19.5. The summed E-state index contributed by atoms with van der Waals surface area (Å²) in [7, 11) is 0. The van der Waals surface area contributed by atoms with Gasteiger partial charge < -0.3 is 4.42 Å². The molecule has 1 unspecified atom stereocenters. The standard InChI is InChI=1S/C54H36N2O/c1-54(38-18-6-3-7-19-38)47-26-14-12-22-41(47)42-30-28-36(32-48(42)54)39-20-8-10-23-43(39)49-34-50(56-53(55-49)35-16-4-2-5-17-35)44-24-11-9-21-40(44)37-29-31-46-45-25-13-15-27-51(45)57-52(46)33-37/h2-34H,1H3. The van der Waals surface area contributed by atoms with E-state index in [0.29, 0.717) is 5.82 Å². The monoisotopic (exact) mass is 728 g/mol. The van der Waals surface area contributed by atoms with E-state index in [2.05, 4.69) is 177 Å². The highest BCUT2D eigenvalue weighted by atomic mass is 16.3. The van der Waals surface area contributed by atoms with E-state index in [0.717, 1.165) is 72.3 Å². The quantitative estimate of drug-likeness (QED) is 0.171. The molecular weight excluding hydrogens is 693 g/mol. The van der Waals surface area contributed by atoms with Crippen LogP contribution in [-0.2, 0) is 5.41 Å². The zero-order chi connectivity index (χ0) is 37.9. The Bertz CT molecular complexity index is 3140. The van der Waals surface area contributed by atoms with Gasteiger partial charge in [0, 0.05) is 32.9 Å². The Balaban J connectivity index is 1.08. The number of aromatic nitrogens is 2. The first-order chi connectivity index (χ1) is 28.1. The maximum atomic E-state index is 6.33. The van der Waals surface area contributed by atoms with Gasteiger partial charge in [0.15, 0.2) is 5.82 Å². The van der Waals surface area contributed by atoms with Crippen molar-refractivity contribution in [2.24, 2.45) is 0 Å². The van der Waals surface area contributed by atoms with Crippen molar-refractivity contribution in [3.8, 4) is 67.3 Å². The molecule has 268 valence electrons. The molecule has 0 N–H and O–H groups in total. The summed E-state index contributed by atoms with van der Waals surface area (Å²) in [5, 5.41) is 2.23. The van der Waals surface area contributed by atoms with Crippen LogP contribution in [0.4, 0.5) is 0 Å². The smallest absolute Gasteiger partial charge is 0.160 e. The fourth-order valence-corrected chi connectivity index (χ4v) is 8.99. The van der Waals surface area contributed by atoms with Crippen LogP contribution in [0.25, 0.3) is 89.2 Å². The van der Waals surface area contributed by atoms with E-state index >= 15 is 0 Å². The van der Waals surface area contributed by atoms with Gasteiger partial charge in [-0.2, -0.15) is 0 Å². The number of nitrogens with zero attached hydrogens (tertiary/aromatic N) is 2. The topological polar surface area (TPSA) is 38.9 Å². The molecule has 1 aliphatic carbocycles. The minimum Gasteiger partial charge on any atom is -0.456 e. The van der Waals surface area contributed by atoms with Crippen LogP contribution >= 0.6 is 0 Å². The van der Waals surface area contributed by atoms with Crippen LogP contribution in [0, 0.1) is 0 Å². The highest BCUT2D eigenvalue weighted by Gasteiger charge is 2.40. The van der Waals surface area contributed by atoms with Gasteiger partial charge >= 0.3 is 0 Å². The SMILES string of the molecule is CC1(c2ccccc2)c2ccccc2-c2ccc(-c3ccccc3-c3cc(-c4ccccc4-c4ccc5c(c4)oc4ccccc45)nc(-c4ccccc4)n3)cc21. The first-order valence-corrected chi connectivity index (χ1v) is 19.5. The number of hydrogen-bond acceptors (Lipinski definition) is 3. The number of furan rings is 1. The first kappa shape index (κ1) is 33.0. The number of fused-ring (bicyclic) bond motifs is 6. The Morgan fingerprint density at radius 1 is 0.368 bits per heavy atom. The Labute approximate surface area is 331 Å². The van der Waals surface area contributed by atoms with E-state index in [1.807, 2.05) is 30.3 Å². The van der Waals surface area contributed by atoms with Crippen LogP contribution in [0.1, 0.15) is 23.6 Å². The van der Waals surface area contributed by atoms with E-state index in [4.69, 9.17) is 14.4 Å². The molecular formula is C54H36N2O. The van der Waals surface area contributed by atoms with Crippen LogP contribution < -0.4 is 0 Å². The number of rotatable bonds is 6. The van der Waals surface area contributed by atoms with Gasteiger partial charge in [0.1, 0.15) is 11.2 Å². The van der Waals surface area contributed by atoms with Crippen molar-refractivity contribution in [1.29, 1.82) is 0 Å². The zero-order valence-corrected chi connectivity index (χ0v) is 31.4. The maximum Gasteiger partial charge on any atom is 0.160 e. The Kier molecular flexibility index (Phi) is 7.61. The summed E-state index contributed by atoms with van der Waals surface area (Å²) in [6.07, 6.45) is 0. The van der Waals surface area contributed by atoms with E-state index in [1.54, 1.807) is 0 Å². The lowest BCUT2D eigenvalue weighted by Crippen LogP contribution is -2.22. The van der Waals surface area contributed by atoms with Gasteiger partial charge in [-0.3, -0.25) is 0 Å². The van der Waals surface area contributed by atoms with Crippen molar-refractivity contribution >= 4 is 21.9 Å². The van der Waals surface area contributed by atoms with Gasteiger partial charge in [-0.05, 0) is 87.3 Å². The molecule has 2 heterocycles.